The number of halogens is 1. The summed E-state index contributed by atoms with van der Waals surface area (Å²) in [6.07, 6.45) is 2.26. The molecule has 9 nitrogen and oxygen atoms in total. The van der Waals surface area contributed by atoms with Gasteiger partial charge in [0.1, 0.15) is 11.2 Å². The van der Waals surface area contributed by atoms with Crippen molar-refractivity contribution in [1.29, 1.82) is 0 Å². The van der Waals surface area contributed by atoms with E-state index in [0.29, 0.717) is 44.0 Å². The van der Waals surface area contributed by atoms with Crippen LogP contribution in [0.25, 0.3) is 0 Å². The summed E-state index contributed by atoms with van der Waals surface area (Å²) in [6.45, 7) is 4.39. The zero-order chi connectivity index (χ0) is 26.4. The highest BCUT2D eigenvalue weighted by Crippen LogP contribution is 2.41. The smallest absolute Gasteiger partial charge is 0.407 e. The van der Waals surface area contributed by atoms with Crippen LogP contribution in [0.3, 0.4) is 0 Å². The third-order valence-corrected chi connectivity index (χ3v) is 7.43. The van der Waals surface area contributed by atoms with E-state index < -0.39 is 12.1 Å². The highest BCUT2D eigenvalue weighted by atomic mass is 35.5. The van der Waals surface area contributed by atoms with Crippen LogP contribution in [0, 0.1) is 5.41 Å². The molecule has 198 valence electrons. The van der Waals surface area contributed by atoms with Gasteiger partial charge in [0, 0.05) is 44.2 Å². The van der Waals surface area contributed by atoms with E-state index in [1.165, 1.54) is 7.11 Å². The van der Waals surface area contributed by atoms with Gasteiger partial charge in [-0.3, -0.25) is 9.59 Å². The molecule has 2 aliphatic heterocycles. The lowest BCUT2D eigenvalue weighted by atomic mass is 9.77. The third-order valence-electron chi connectivity index (χ3n) is 7.24. The molecule has 1 aromatic heterocycles. The van der Waals surface area contributed by atoms with Crippen LogP contribution in [0.2, 0.25) is 5.15 Å². The standard InChI is InChI=1S/C27H33ClN4O5/c1-3-37-26(35)29-21(15-19-7-5-4-6-8-19)25(34)32-14-11-27(18-32)9-12-31(13-10-27)24(33)20-16-22(28)30-23(17-20)36-2/h4-8,16-17,21H,3,9-15,18H2,1-2H3,(H,29,35). The summed E-state index contributed by atoms with van der Waals surface area (Å²) in [7, 11) is 1.48. The third kappa shape index (κ3) is 6.52. The molecule has 0 bridgehead atoms. The van der Waals surface area contributed by atoms with Crippen LogP contribution in [0.15, 0.2) is 42.5 Å². The molecule has 37 heavy (non-hydrogen) atoms. The monoisotopic (exact) mass is 528 g/mol. The van der Waals surface area contributed by atoms with Crippen LogP contribution in [-0.4, -0.2) is 78.6 Å². The molecule has 0 saturated carbocycles. The van der Waals surface area contributed by atoms with Gasteiger partial charge in [0.15, 0.2) is 0 Å². The van der Waals surface area contributed by atoms with Crippen molar-refractivity contribution in [3.63, 3.8) is 0 Å². The molecule has 1 aromatic carbocycles. The number of methoxy groups -OCH3 is 1. The SMILES string of the molecule is CCOC(=O)NC(Cc1ccccc1)C(=O)N1CCC2(CCN(C(=O)c3cc(Cl)nc(OC)c3)CC2)C1. The van der Waals surface area contributed by atoms with Crippen molar-refractivity contribution in [2.75, 3.05) is 39.9 Å². The fourth-order valence-electron chi connectivity index (χ4n) is 5.18. The Morgan fingerprint density at radius 1 is 1.08 bits per heavy atom. The van der Waals surface area contributed by atoms with E-state index in [0.717, 1.165) is 24.8 Å². The number of carbonyl (C=O) groups excluding carboxylic acids is 3. The number of likely N-dealkylation sites (tertiary alicyclic amines) is 2. The lowest BCUT2D eigenvalue weighted by Gasteiger charge is -2.39. The number of ether oxygens (including phenoxy) is 2. The number of hydrogen-bond acceptors (Lipinski definition) is 6. The Morgan fingerprint density at radius 3 is 2.41 bits per heavy atom. The maximum Gasteiger partial charge on any atom is 0.407 e. The van der Waals surface area contributed by atoms with E-state index in [1.54, 1.807) is 19.1 Å². The number of amides is 3. The maximum absolute atomic E-state index is 13.5. The highest BCUT2D eigenvalue weighted by Gasteiger charge is 2.44. The van der Waals surface area contributed by atoms with Gasteiger partial charge in [-0.05, 0) is 43.2 Å². The second-order valence-corrected chi connectivity index (χ2v) is 10.0. The molecule has 2 saturated heterocycles. The summed E-state index contributed by atoms with van der Waals surface area (Å²) in [4.78, 5) is 46.5. The minimum atomic E-state index is -0.704. The average molecular weight is 529 g/mol. The quantitative estimate of drug-likeness (QED) is 0.551. The van der Waals surface area contributed by atoms with Gasteiger partial charge in [-0.1, -0.05) is 41.9 Å². The minimum Gasteiger partial charge on any atom is -0.481 e. The highest BCUT2D eigenvalue weighted by molar-refractivity contribution is 6.29. The van der Waals surface area contributed by atoms with Crippen LogP contribution >= 0.6 is 11.6 Å². The molecule has 10 heteroatoms. The first-order chi connectivity index (χ1) is 17.8. The number of aromatic nitrogens is 1. The number of nitrogens with one attached hydrogen (secondary N) is 1. The molecule has 3 amide bonds. The second-order valence-electron chi connectivity index (χ2n) is 9.63. The van der Waals surface area contributed by atoms with E-state index in [4.69, 9.17) is 21.1 Å². The van der Waals surface area contributed by atoms with Gasteiger partial charge in [-0.2, -0.15) is 0 Å². The number of pyridine rings is 1. The lowest BCUT2D eigenvalue weighted by Crippen LogP contribution is -2.50. The van der Waals surface area contributed by atoms with Gasteiger partial charge < -0.3 is 24.6 Å². The number of carbonyl (C=O) groups is 3. The van der Waals surface area contributed by atoms with Crippen molar-refractivity contribution in [3.8, 4) is 5.88 Å². The van der Waals surface area contributed by atoms with E-state index in [1.807, 2.05) is 40.1 Å². The molecule has 0 radical (unpaired) electrons. The molecular formula is C27H33ClN4O5. The summed E-state index contributed by atoms with van der Waals surface area (Å²) < 4.78 is 10.2. The number of rotatable bonds is 7. The maximum atomic E-state index is 13.5. The zero-order valence-corrected chi connectivity index (χ0v) is 22.0. The molecule has 1 atom stereocenters. The first kappa shape index (κ1) is 26.7. The Hall–Kier alpha value is -3.33. The fourth-order valence-corrected chi connectivity index (χ4v) is 5.39. The van der Waals surface area contributed by atoms with Gasteiger partial charge in [-0.15, -0.1) is 0 Å². The Labute approximate surface area is 222 Å². The van der Waals surface area contributed by atoms with Crippen molar-refractivity contribution >= 4 is 29.5 Å². The fraction of sp³-hybridized carbons (Fsp3) is 0.481. The molecule has 1 spiro atoms. The summed E-state index contributed by atoms with van der Waals surface area (Å²) >= 11 is 6.05. The predicted octanol–water partition coefficient (Wildman–Crippen LogP) is 3.56. The molecule has 2 aliphatic rings. The number of hydrogen-bond donors (Lipinski definition) is 1. The summed E-state index contributed by atoms with van der Waals surface area (Å²) in [6, 6.07) is 12.1. The van der Waals surface area contributed by atoms with Crippen molar-refractivity contribution in [3.05, 3.63) is 58.7 Å². The van der Waals surface area contributed by atoms with Crippen molar-refractivity contribution in [2.45, 2.75) is 38.6 Å². The number of alkyl carbamates (subject to hydrolysis) is 1. The Kier molecular flexibility index (Phi) is 8.53. The number of nitrogens with zero attached hydrogens (tertiary/aromatic N) is 3. The van der Waals surface area contributed by atoms with Crippen molar-refractivity contribution < 1.29 is 23.9 Å². The molecule has 3 heterocycles. The van der Waals surface area contributed by atoms with Crippen LogP contribution in [0.1, 0.15) is 42.1 Å². The largest absolute Gasteiger partial charge is 0.481 e. The van der Waals surface area contributed by atoms with Gasteiger partial charge in [0.05, 0.1) is 13.7 Å². The van der Waals surface area contributed by atoms with E-state index in [-0.39, 0.29) is 29.0 Å². The van der Waals surface area contributed by atoms with Gasteiger partial charge in [0.2, 0.25) is 11.8 Å². The van der Waals surface area contributed by atoms with Crippen molar-refractivity contribution in [1.82, 2.24) is 20.1 Å². The van der Waals surface area contributed by atoms with Gasteiger partial charge in [-0.25, -0.2) is 9.78 Å². The number of benzene rings is 1. The summed E-state index contributed by atoms with van der Waals surface area (Å²) in [5.74, 6) is 0.0894. The first-order valence-electron chi connectivity index (χ1n) is 12.6. The molecule has 0 aliphatic carbocycles. The Bertz CT molecular complexity index is 1120. The number of piperidine rings is 1. The van der Waals surface area contributed by atoms with E-state index >= 15 is 0 Å². The average Bonchev–Trinajstić information content (AvgIpc) is 3.31. The first-order valence-corrected chi connectivity index (χ1v) is 13.0. The van der Waals surface area contributed by atoms with E-state index in [2.05, 4.69) is 10.3 Å². The normalized spacial score (nSPS) is 17.4. The second kappa shape index (κ2) is 11.8. The topological polar surface area (TPSA) is 101 Å². The molecule has 2 aromatic rings. The lowest BCUT2D eigenvalue weighted by molar-refractivity contribution is -0.132. The molecule has 1 N–H and O–H groups in total. The van der Waals surface area contributed by atoms with Crippen LogP contribution in [0.5, 0.6) is 5.88 Å². The zero-order valence-electron chi connectivity index (χ0n) is 21.2. The van der Waals surface area contributed by atoms with Crippen LogP contribution in [-0.2, 0) is 16.0 Å². The van der Waals surface area contributed by atoms with E-state index in [9.17, 15) is 14.4 Å². The van der Waals surface area contributed by atoms with Crippen LogP contribution in [0.4, 0.5) is 4.79 Å². The Balaban J connectivity index is 1.38. The molecular weight excluding hydrogens is 496 g/mol. The molecule has 1 unspecified atom stereocenters. The summed E-state index contributed by atoms with van der Waals surface area (Å²) in [5.41, 5.74) is 1.37. The Morgan fingerprint density at radius 2 is 1.76 bits per heavy atom. The van der Waals surface area contributed by atoms with Crippen molar-refractivity contribution in [2.24, 2.45) is 5.41 Å². The van der Waals surface area contributed by atoms with Crippen LogP contribution < -0.4 is 10.1 Å². The minimum absolute atomic E-state index is 0.0404. The molecule has 2 fully saturated rings. The summed E-state index contributed by atoms with van der Waals surface area (Å²) in [5, 5.41) is 2.97. The molecule has 4 rings (SSSR count). The van der Waals surface area contributed by atoms with Gasteiger partial charge >= 0.3 is 6.09 Å². The predicted molar refractivity (Wildman–Crippen MR) is 139 cm³/mol. The van der Waals surface area contributed by atoms with Gasteiger partial charge in [0.25, 0.3) is 5.91 Å².